The summed E-state index contributed by atoms with van der Waals surface area (Å²) in [5.41, 5.74) is 2.34. The number of aromatic nitrogens is 3. The highest BCUT2D eigenvalue weighted by atomic mass is 19.1. The number of aryl methyl sites for hydroxylation is 1. The summed E-state index contributed by atoms with van der Waals surface area (Å²) in [7, 11) is 1.74. The molecule has 1 unspecified atom stereocenters. The number of halogens is 1. The number of pyridine rings is 1. The van der Waals surface area contributed by atoms with E-state index in [1.165, 1.54) is 18.2 Å². The molecule has 0 fully saturated rings. The molecule has 1 aromatic carbocycles. The van der Waals surface area contributed by atoms with E-state index >= 15 is 0 Å². The number of hydrogen-bond acceptors (Lipinski definition) is 4. The Morgan fingerprint density at radius 1 is 1.28 bits per heavy atom. The van der Waals surface area contributed by atoms with E-state index in [4.69, 9.17) is 0 Å². The normalized spacial score (nSPS) is 12.0. The second-order valence-corrected chi connectivity index (χ2v) is 5.54. The minimum absolute atomic E-state index is 0.212. The highest BCUT2D eigenvalue weighted by Gasteiger charge is 2.19. The Hall–Kier alpha value is -3.06. The molecule has 0 aliphatic carbocycles. The van der Waals surface area contributed by atoms with Crippen LogP contribution in [0.25, 0.3) is 11.3 Å². The molecule has 6 nitrogen and oxygen atoms in total. The zero-order valence-corrected chi connectivity index (χ0v) is 13.6. The van der Waals surface area contributed by atoms with Gasteiger partial charge in [0, 0.05) is 25.0 Å². The lowest BCUT2D eigenvalue weighted by Gasteiger charge is -2.16. The predicted molar refractivity (Wildman–Crippen MR) is 90.1 cm³/mol. The molecular formula is C18H17FN4O2. The van der Waals surface area contributed by atoms with Crippen LogP contribution < -0.4 is 5.32 Å². The predicted octanol–water partition coefficient (Wildman–Crippen LogP) is 2.08. The highest BCUT2D eigenvalue weighted by molar-refractivity contribution is 5.93. The first-order chi connectivity index (χ1) is 12.1. The fourth-order valence-corrected chi connectivity index (χ4v) is 2.56. The van der Waals surface area contributed by atoms with Gasteiger partial charge in [-0.15, -0.1) is 0 Å². The van der Waals surface area contributed by atoms with Gasteiger partial charge in [-0.1, -0.05) is 12.1 Å². The van der Waals surface area contributed by atoms with E-state index < -0.39 is 17.8 Å². The Balaban J connectivity index is 1.81. The van der Waals surface area contributed by atoms with Crippen LogP contribution in [-0.4, -0.2) is 32.4 Å². The molecule has 2 aromatic heterocycles. The average Bonchev–Trinajstić information content (AvgIpc) is 3.02. The number of amides is 1. The number of aliphatic hydroxyl groups is 1. The summed E-state index contributed by atoms with van der Waals surface area (Å²) in [5.74, 6) is -0.873. The maximum absolute atomic E-state index is 13.4. The van der Waals surface area contributed by atoms with Gasteiger partial charge in [0.15, 0.2) is 5.69 Å². The number of aliphatic hydroxyl groups excluding tert-OH is 1. The zero-order valence-electron chi connectivity index (χ0n) is 13.6. The van der Waals surface area contributed by atoms with E-state index in [-0.39, 0.29) is 12.3 Å². The molecule has 3 rings (SSSR count). The van der Waals surface area contributed by atoms with Gasteiger partial charge in [0.25, 0.3) is 5.91 Å². The van der Waals surface area contributed by atoms with Crippen LogP contribution in [-0.2, 0) is 7.05 Å². The van der Waals surface area contributed by atoms with Gasteiger partial charge in [-0.25, -0.2) is 4.39 Å². The molecule has 1 atom stereocenters. The molecule has 25 heavy (non-hydrogen) atoms. The van der Waals surface area contributed by atoms with Gasteiger partial charge < -0.3 is 10.4 Å². The second-order valence-electron chi connectivity index (χ2n) is 5.54. The Morgan fingerprint density at radius 3 is 2.72 bits per heavy atom. The van der Waals surface area contributed by atoms with Gasteiger partial charge >= 0.3 is 0 Å². The quantitative estimate of drug-likeness (QED) is 0.745. The van der Waals surface area contributed by atoms with Crippen molar-refractivity contribution in [2.24, 2.45) is 7.05 Å². The van der Waals surface area contributed by atoms with Crippen LogP contribution in [0.5, 0.6) is 0 Å². The van der Waals surface area contributed by atoms with E-state index in [9.17, 15) is 14.3 Å². The van der Waals surface area contributed by atoms with E-state index in [0.29, 0.717) is 5.56 Å². The number of carbonyl (C=O) groups is 1. The summed E-state index contributed by atoms with van der Waals surface area (Å²) in [4.78, 5) is 16.4. The van der Waals surface area contributed by atoms with Gasteiger partial charge in [-0.3, -0.25) is 14.5 Å². The first-order valence-electron chi connectivity index (χ1n) is 7.70. The van der Waals surface area contributed by atoms with Crippen LogP contribution >= 0.6 is 0 Å². The summed E-state index contributed by atoms with van der Waals surface area (Å²) in [5, 5.41) is 16.4. The summed E-state index contributed by atoms with van der Waals surface area (Å²) in [6.45, 7) is -0.348. The van der Waals surface area contributed by atoms with Crippen LogP contribution in [0.4, 0.5) is 4.39 Å². The van der Waals surface area contributed by atoms with Crippen LogP contribution in [0.3, 0.4) is 0 Å². The highest BCUT2D eigenvalue weighted by Crippen LogP contribution is 2.20. The topological polar surface area (TPSA) is 80.0 Å². The SMILES string of the molecule is Cn1nc(C(=O)NC(CO)c2cccc(F)c2)cc1-c1ccncc1. The molecule has 0 aliphatic heterocycles. The lowest BCUT2D eigenvalue weighted by atomic mass is 10.1. The van der Waals surface area contributed by atoms with Gasteiger partial charge in [-0.05, 0) is 35.9 Å². The zero-order chi connectivity index (χ0) is 17.8. The van der Waals surface area contributed by atoms with E-state index in [0.717, 1.165) is 11.3 Å². The lowest BCUT2D eigenvalue weighted by Crippen LogP contribution is -2.31. The van der Waals surface area contributed by atoms with Crippen molar-refractivity contribution >= 4 is 5.91 Å². The Labute approximate surface area is 144 Å². The van der Waals surface area contributed by atoms with Crippen molar-refractivity contribution in [2.45, 2.75) is 6.04 Å². The van der Waals surface area contributed by atoms with Crippen molar-refractivity contribution in [3.8, 4) is 11.3 Å². The molecule has 3 aromatic rings. The summed E-state index contributed by atoms with van der Waals surface area (Å²) in [6, 6.07) is 10.3. The number of benzene rings is 1. The van der Waals surface area contributed by atoms with Gasteiger partial charge in [0.2, 0.25) is 0 Å². The molecule has 1 amide bonds. The number of nitrogens with zero attached hydrogens (tertiary/aromatic N) is 3. The molecule has 0 aliphatic rings. The Morgan fingerprint density at radius 2 is 2.04 bits per heavy atom. The number of hydrogen-bond donors (Lipinski definition) is 2. The van der Waals surface area contributed by atoms with Gasteiger partial charge in [0.05, 0.1) is 18.3 Å². The Kier molecular flexibility index (Phi) is 4.85. The third-order valence-corrected chi connectivity index (χ3v) is 3.83. The average molecular weight is 340 g/mol. The standard InChI is InChI=1S/C18H17FN4O2/c1-23-17(12-5-7-20-8-6-12)10-15(22-23)18(25)21-16(11-24)13-3-2-4-14(19)9-13/h2-10,16,24H,11H2,1H3,(H,21,25). The summed E-state index contributed by atoms with van der Waals surface area (Å²) >= 11 is 0. The third kappa shape index (κ3) is 3.72. The van der Waals surface area contributed by atoms with Crippen molar-refractivity contribution < 1.29 is 14.3 Å². The minimum Gasteiger partial charge on any atom is -0.394 e. The molecule has 2 N–H and O–H groups in total. The van der Waals surface area contributed by atoms with Gasteiger partial charge in [-0.2, -0.15) is 5.10 Å². The largest absolute Gasteiger partial charge is 0.394 e. The maximum Gasteiger partial charge on any atom is 0.272 e. The Bertz CT molecular complexity index is 880. The summed E-state index contributed by atoms with van der Waals surface area (Å²) in [6.07, 6.45) is 3.32. The van der Waals surface area contributed by atoms with Crippen LogP contribution in [0, 0.1) is 5.82 Å². The van der Waals surface area contributed by atoms with Crippen LogP contribution in [0.1, 0.15) is 22.1 Å². The second kappa shape index (κ2) is 7.23. The molecule has 2 heterocycles. The van der Waals surface area contributed by atoms with Gasteiger partial charge in [0.1, 0.15) is 5.82 Å². The summed E-state index contributed by atoms with van der Waals surface area (Å²) < 4.78 is 15.0. The number of nitrogens with one attached hydrogen (secondary N) is 1. The smallest absolute Gasteiger partial charge is 0.272 e. The molecule has 0 radical (unpaired) electrons. The van der Waals surface area contributed by atoms with Crippen molar-refractivity contribution in [1.29, 1.82) is 0 Å². The van der Waals surface area contributed by atoms with Crippen molar-refractivity contribution in [1.82, 2.24) is 20.1 Å². The minimum atomic E-state index is -0.713. The van der Waals surface area contributed by atoms with E-state index in [1.807, 2.05) is 12.1 Å². The van der Waals surface area contributed by atoms with Crippen molar-refractivity contribution in [3.63, 3.8) is 0 Å². The first kappa shape index (κ1) is 16.8. The molecule has 0 bridgehead atoms. The molecule has 0 saturated heterocycles. The van der Waals surface area contributed by atoms with E-state index in [1.54, 1.807) is 36.3 Å². The van der Waals surface area contributed by atoms with Crippen molar-refractivity contribution in [3.05, 3.63) is 71.9 Å². The van der Waals surface area contributed by atoms with E-state index in [2.05, 4.69) is 15.4 Å². The molecule has 7 heteroatoms. The monoisotopic (exact) mass is 340 g/mol. The molecule has 0 spiro atoms. The molecular weight excluding hydrogens is 323 g/mol. The van der Waals surface area contributed by atoms with Crippen LogP contribution in [0.15, 0.2) is 54.9 Å². The third-order valence-electron chi connectivity index (χ3n) is 3.83. The molecule has 0 saturated carbocycles. The fraction of sp³-hybridized carbons (Fsp3) is 0.167. The lowest BCUT2D eigenvalue weighted by molar-refractivity contribution is 0.0910. The fourth-order valence-electron chi connectivity index (χ4n) is 2.56. The maximum atomic E-state index is 13.4. The van der Waals surface area contributed by atoms with Crippen molar-refractivity contribution in [2.75, 3.05) is 6.61 Å². The molecule has 128 valence electrons. The number of rotatable bonds is 5. The van der Waals surface area contributed by atoms with Crippen LogP contribution in [0.2, 0.25) is 0 Å². The number of carbonyl (C=O) groups excluding carboxylic acids is 1. The first-order valence-corrected chi connectivity index (χ1v) is 7.70.